The summed E-state index contributed by atoms with van der Waals surface area (Å²) < 4.78 is 34.4. The normalized spacial score (nSPS) is 16.7. The Morgan fingerprint density at radius 1 is 1.09 bits per heavy atom. The van der Waals surface area contributed by atoms with Gasteiger partial charge in [0, 0.05) is 68.6 Å². The van der Waals surface area contributed by atoms with Crippen molar-refractivity contribution >= 4 is 43.2 Å². The molecule has 0 saturated carbocycles. The topological polar surface area (TPSA) is 82.2 Å². The highest BCUT2D eigenvalue weighted by Crippen LogP contribution is 2.35. The number of sulfonamides is 1. The van der Waals surface area contributed by atoms with Crippen molar-refractivity contribution in [1.82, 2.24) is 9.62 Å². The predicted octanol–water partition coefficient (Wildman–Crippen LogP) is 2.47. The van der Waals surface area contributed by atoms with Gasteiger partial charge in [-0.3, -0.25) is 9.69 Å². The van der Waals surface area contributed by atoms with Crippen LogP contribution in [-0.2, 0) is 21.2 Å². The molecule has 0 unspecified atom stereocenters. The molecule has 2 aromatic rings. The summed E-state index contributed by atoms with van der Waals surface area (Å²) in [7, 11) is -2.05. The number of hydrogen-bond donors (Lipinski definition) is 1. The largest absolute Gasteiger partial charge is 0.497 e. The minimum absolute atomic E-state index is 0.0823. The zero-order valence-corrected chi connectivity index (χ0v) is 21.3. The van der Waals surface area contributed by atoms with Gasteiger partial charge in [-0.05, 0) is 64.3 Å². The van der Waals surface area contributed by atoms with E-state index in [1.54, 1.807) is 18.1 Å². The number of amides is 1. The van der Waals surface area contributed by atoms with Crippen molar-refractivity contribution < 1.29 is 17.9 Å². The van der Waals surface area contributed by atoms with Gasteiger partial charge in [0.2, 0.25) is 15.9 Å². The number of nitrogens with one attached hydrogen (secondary N) is 1. The number of fused-ring (bicyclic) bond motifs is 1. The van der Waals surface area contributed by atoms with Gasteiger partial charge >= 0.3 is 0 Å². The van der Waals surface area contributed by atoms with E-state index in [0.717, 1.165) is 49.6 Å². The molecule has 1 fully saturated rings. The maximum atomic E-state index is 13.0. The molecular weight excluding hydrogens is 508 g/mol. The third kappa shape index (κ3) is 5.34. The zero-order chi connectivity index (χ0) is 23.6. The third-order valence-corrected chi connectivity index (χ3v) is 8.65. The molecule has 0 radical (unpaired) electrons. The molecule has 33 heavy (non-hydrogen) atoms. The summed E-state index contributed by atoms with van der Waals surface area (Å²) >= 11 is 3.40. The van der Waals surface area contributed by atoms with Crippen molar-refractivity contribution in [3.8, 4) is 5.75 Å². The summed E-state index contributed by atoms with van der Waals surface area (Å²) in [5, 5.41) is 0. The first-order chi connectivity index (χ1) is 15.8. The molecule has 0 aromatic heterocycles. The monoisotopic (exact) mass is 536 g/mol. The van der Waals surface area contributed by atoms with E-state index in [1.165, 1.54) is 6.92 Å². The number of anilines is 2. The van der Waals surface area contributed by atoms with Gasteiger partial charge in [0.1, 0.15) is 5.75 Å². The lowest BCUT2D eigenvalue weighted by molar-refractivity contribution is -0.116. The number of piperazine rings is 1. The maximum Gasteiger partial charge on any atom is 0.241 e. The van der Waals surface area contributed by atoms with Gasteiger partial charge < -0.3 is 14.5 Å². The molecule has 10 heteroatoms. The highest BCUT2D eigenvalue weighted by Gasteiger charge is 2.27. The summed E-state index contributed by atoms with van der Waals surface area (Å²) in [4.78, 5) is 18.3. The van der Waals surface area contributed by atoms with Crippen LogP contribution in [0.15, 0.2) is 45.8 Å². The van der Waals surface area contributed by atoms with Gasteiger partial charge in [-0.1, -0.05) is 0 Å². The highest BCUT2D eigenvalue weighted by atomic mass is 79.9. The van der Waals surface area contributed by atoms with Crippen LogP contribution in [0.1, 0.15) is 12.5 Å². The zero-order valence-electron chi connectivity index (χ0n) is 18.9. The number of methoxy groups -OCH3 is 1. The minimum atomic E-state index is -3.71. The van der Waals surface area contributed by atoms with E-state index >= 15 is 0 Å². The molecule has 0 bridgehead atoms. The molecule has 4 rings (SSSR count). The molecule has 0 spiro atoms. The minimum Gasteiger partial charge on any atom is -0.497 e. The Balaban J connectivity index is 1.32. The Labute approximate surface area is 203 Å². The highest BCUT2D eigenvalue weighted by molar-refractivity contribution is 9.10. The second-order valence-corrected chi connectivity index (χ2v) is 10.8. The van der Waals surface area contributed by atoms with Gasteiger partial charge in [-0.25, -0.2) is 13.1 Å². The van der Waals surface area contributed by atoms with E-state index in [9.17, 15) is 13.2 Å². The maximum absolute atomic E-state index is 13.0. The lowest BCUT2D eigenvalue weighted by atomic mass is 10.2. The fraction of sp³-hybridized carbons (Fsp3) is 0.435. The van der Waals surface area contributed by atoms with Crippen molar-refractivity contribution in [3.63, 3.8) is 0 Å². The van der Waals surface area contributed by atoms with E-state index < -0.39 is 10.0 Å². The number of halogens is 1. The van der Waals surface area contributed by atoms with E-state index in [4.69, 9.17) is 4.74 Å². The van der Waals surface area contributed by atoms with E-state index in [0.29, 0.717) is 29.8 Å². The van der Waals surface area contributed by atoms with Gasteiger partial charge in [-0.2, -0.15) is 0 Å². The molecule has 1 amide bonds. The molecule has 2 aromatic carbocycles. The predicted molar refractivity (Wildman–Crippen MR) is 133 cm³/mol. The van der Waals surface area contributed by atoms with Gasteiger partial charge in [0.05, 0.1) is 12.0 Å². The summed E-state index contributed by atoms with van der Waals surface area (Å²) in [6.07, 6.45) is 0.726. The number of ether oxygens (including phenoxy) is 1. The quantitative estimate of drug-likeness (QED) is 0.585. The Kier molecular flexibility index (Phi) is 7.28. The van der Waals surface area contributed by atoms with Crippen molar-refractivity contribution in [3.05, 3.63) is 46.4 Å². The van der Waals surface area contributed by atoms with Gasteiger partial charge in [0.25, 0.3) is 0 Å². The lowest BCUT2D eigenvalue weighted by Gasteiger charge is -2.36. The first kappa shape index (κ1) is 24.0. The summed E-state index contributed by atoms with van der Waals surface area (Å²) in [5.74, 6) is 0.759. The molecule has 1 N–H and O–H groups in total. The van der Waals surface area contributed by atoms with Crippen molar-refractivity contribution in [1.29, 1.82) is 0 Å². The second-order valence-electron chi connectivity index (χ2n) is 8.26. The van der Waals surface area contributed by atoms with E-state index in [2.05, 4.69) is 42.6 Å². The van der Waals surface area contributed by atoms with Crippen LogP contribution in [-0.4, -0.2) is 72.1 Å². The van der Waals surface area contributed by atoms with Crippen LogP contribution in [0.25, 0.3) is 0 Å². The smallest absolute Gasteiger partial charge is 0.241 e. The van der Waals surface area contributed by atoms with Crippen LogP contribution >= 0.6 is 15.9 Å². The first-order valence-corrected chi connectivity index (χ1v) is 13.3. The number of carbonyl (C=O) groups excluding carboxylic acids is 1. The summed E-state index contributed by atoms with van der Waals surface area (Å²) in [6.45, 7) is 6.54. The van der Waals surface area contributed by atoms with Crippen molar-refractivity contribution in [2.24, 2.45) is 0 Å². The van der Waals surface area contributed by atoms with Crippen molar-refractivity contribution in [2.45, 2.75) is 18.2 Å². The third-order valence-electron chi connectivity index (χ3n) is 6.23. The standard InChI is InChI=1S/C23H29BrN4O4S/c1-17(29)28-9-7-18-15-21(24)23(16-22(18)28)33(30,31)25-8-10-26-11-13-27(14-12-26)19-3-5-20(32-2)6-4-19/h3-6,15-16,25H,7-14H2,1-2H3. The Morgan fingerprint density at radius 2 is 1.79 bits per heavy atom. The van der Waals surface area contributed by atoms with Gasteiger partial charge in [0.15, 0.2) is 0 Å². The number of rotatable bonds is 7. The Morgan fingerprint density at radius 3 is 2.42 bits per heavy atom. The lowest BCUT2D eigenvalue weighted by Crippen LogP contribution is -2.48. The molecule has 178 valence electrons. The molecule has 1 saturated heterocycles. The van der Waals surface area contributed by atoms with Crippen LogP contribution in [0, 0.1) is 0 Å². The first-order valence-electron chi connectivity index (χ1n) is 11.0. The average molecular weight is 537 g/mol. The molecule has 2 heterocycles. The molecule has 0 aliphatic carbocycles. The number of hydrogen-bond acceptors (Lipinski definition) is 6. The number of carbonyl (C=O) groups is 1. The van der Waals surface area contributed by atoms with E-state index in [1.807, 2.05) is 18.2 Å². The molecule has 0 atom stereocenters. The fourth-order valence-electron chi connectivity index (χ4n) is 4.36. The molecular formula is C23H29BrN4O4S. The van der Waals surface area contributed by atoms with Crippen LogP contribution < -0.4 is 19.3 Å². The van der Waals surface area contributed by atoms with Gasteiger partial charge in [-0.15, -0.1) is 0 Å². The molecule has 8 nitrogen and oxygen atoms in total. The Hall–Kier alpha value is -2.14. The molecule has 2 aliphatic rings. The van der Waals surface area contributed by atoms with Crippen LogP contribution in [0.4, 0.5) is 11.4 Å². The fourth-order valence-corrected chi connectivity index (χ4v) is 6.49. The number of benzene rings is 2. The van der Waals surface area contributed by atoms with Crippen LogP contribution in [0.3, 0.4) is 0 Å². The Bertz CT molecular complexity index is 1120. The van der Waals surface area contributed by atoms with Crippen molar-refractivity contribution in [2.75, 3.05) is 62.7 Å². The summed E-state index contributed by atoms with van der Waals surface area (Å²) in [5.41, 5.74) is 2.82. The van der Waals surface area contributed by atoms with E-state index in [-0.39, 0.29) is 10.8 Å². The second kappa shape index (κ2) is 10.0. The molecule has 2 aliphatic heterocycles. The SMILES string of the molecule is COc1ccc(N2CCN(CCNS(=O)(=O)c3cc4c(cc3Br)CCN4C(C)=O)CC2)cc1. The summed E-state index contributed by atoms with van der Waals surface area (Å²) in [6, 6.07) is 11.5. The average Bonchev–Trinajstić information content (AvgIpc) is 3.22. The van der Waals surface area contributed by atoms with Crippen LogP contribution in [0.2, 0.25) is 0 Å². The number of nitrogens with zero attached hydrogens (tertiary/aromatic N) is 3. The van der Waals surface area contributed by atoms with Crippen LogP contribution in [0.5, 0.6) is 5.75 Å².